The van der Waals surface area contributed by atoms with Crippen LogP contribution in [0.25, 0.3) is 0 Å². The van der Waals surface area contributed by atoms with Crippen LogP contribution in [0.3, 0.4) is 0 Å². The number of carbonyl (C=O) groups is 1. The molecule has 0 radical (unpaired) electrons. The van der Waals surface area contributed by atoms with Crippen molar-refractivity contribution in [2.24, 2.45) is 0 Å². The van der Waals surface area contributed by atoms with Crippen LogP contribution in [0.4, 0.5) is 5.69 Å². The highest BCUT2D eigenvalue weighted by Gasteiger charge is 2.11. The van der Waals surface area contributed by atoms with Gasteiger partial charge in [0, 0.05) is 12.1 Å². The highest BCUT2D eigenvalue weighted by atomic mass is 32.2. The summed E-state index contributed by atoms with van der Waals surface area (Å²) in [6.45, 7) is 2.36. The van der Waals surface area contributed by atoms with Gasteiger partial charge in [-0.05, 0) is 56.4 Å². The highest BCUT2D eigenvalue weighted by Crippen LogP contribution is 2.19. The van der Waals surface area contributed by atoms with Crippen LogP contribution >= 0.6 is 0 Å². The van der Waals surface area contributed by atoms with Crippen molar-refractivity contribution >= 4 is 21.6 Å². The number of hydrogen-bond acceptors (Lipinski definition) is 3. The van der Waals surface area contributed by atoms with E-state index in [1.165, 1.54) is 18.4 Å². The quantitative estimate of drug-likeness (QED) is 0.818. The molecule has 1 aromatic rings. The third-order valence-electron chi connectivity index (χ3n) is 3.64. The van der Waals surface area contributed by atoms with Gasteiger partial charge in [-0.1, -0.05) is 11.6 Å². The number of sulfonamides is 1. The molecule has 0 bridgehead atoms. The van der Waals surface area contributed by atoms with Gasteiger partial charge in [0.15, 0.2) is 0 Å². The molecule has 0 atom stereocenters. The Morgan fingerprint density at radius 2 is 2.05 bits per heavy atom. The zero-order chi connectivity index (χ0) is 16.2. The maximum Gasteiger partial charge on any atom is 0.251 e. The monoisotopic (exact) mass is 322 g/mol. The Balaban J connectivity index is 2.01. The van der Waals surface area contributed by atoms with Gasteiger partial charge in [-0.3, -0.25) is 9.52 Å². The maximum absolute atomic E-state index is 12.2. The lowest BCUT2D eigenvalue weighted by molar-refractivity contribution is 0.0956. The average Bonchev–Trinajstić information content (AvgIpc) is 2.46. The summed E-state index contributed by atoms with van der Waals surface area (Å²) in [5.74, 6) is -0.138. The van der Waals surface area contributed by atoms with Gasteiger partial charge in [-0.25, -0.2) is 8.42 Å². The Labute approximate surface area is 131 Å². The molecular formula is C16H22N2O3S. The van der Waals surface area contributed by atoms with Crippen LogP contribution < -0.4 is 10.0 Å². The fraction of sp³-hybridized carbons (Fsp3) is 0.438. The predicted molar refractivity (Wildman–Crippen MR) is 88.5 cm³/mol. The molecule has 0 aromatic heterocycles. The number of nitrogens with one attached hydrogen (secondary N) is 2. The van der Waals surface area contributed by atoms with Crippen LogP contribution in [0.5, 0.6) is 0 Å². The second kappa shape index (κ2) is 6.96. The van der Waals surface area contributed by atoms with Crippen molar-refractivity contribution in [3.8, 4) is 0 Å². The first kappa shape index (κ1) is 16.5. The largest absolute Gasteiger partial charge is 0.348 e. The normalized spacial score (nSPS) is 15.1. The second-order valence-corrected chi connectivity index (χ2v) is 7.44. The molecule has 0 fully saturated rings. The number of amides is 1. The van der Waals surface area contributed by atoms with Crippen LogP contribution in [-0.4, -0.2) is 27.1 Å². The number of allylic oxidation sites excluding steroid dienone is 1. The maximum atomic E-state index is 12.2. The number of rotatable bonds is 5. The van der Waals surface area contributed by atoms with Gasteiger partial charge >= 0.3 is 0 Å². The third kappa shape index (κ3) is 4.87. The van der Waals surface area contributed by atoms with Crippen LogP contribution in [0.1, 0.15) is 41.6 Å². The van der Waals surface area contributed by atoms with Crippen molar-refractivity contribution in [3.63, 3.8) is 0 Å². The molecule has 0 aliphatic heterocycles. The van der Waals surface area contributed by atoms with E-state index in [-0.39, 0.29) is 5.91 Å². The molecule has 0 heterocycles. The summed E-state index contributed by atoms with van der Waals surface area (Å²) in [6, 6.07) is 4.94. The molecule has 1 amide bonds. The molecule has 1 aliphatic rings. The zero-order valence-corrected chi connectivity index (χ0v) is 13.8. The minimum absolute atomic E-state index is 0.138. The van der Waals surface area contributed by atoms with E-state index in [2.05, 4.69) is 16.1 Å². The van der Waals surface area contributed by atoms with Gasteiger partial charge in [0.25, 0.3) is 5.91 Å². The molecule has 0 saturated carbocycles. The third-order valence-corrected chi connectivity index (χ3v) is 4.24. The van der Waals surface area contributed by atoms with Gasteiger partial charge in [0.05, 0.1) is 11.9 Å². The Kier molecular flexibility index (Phi) is 5.24. The molecular weight excluding hydrogens is 300 g/mol. The van der Waals surface area contributed by atoms with Crippen LogP contribution in [0.15, 0.2) is 29.8 Å². The van der Waals surface area contributed by atoms with Crippen LogP contribution in [0, 0.1) is 6.92 Å². The van der Waals surface area contributed by atoms with Gasteiger partial charge in [-0.2, -0.15) is 0 Å². The zero-order valence-electron chi connectivity index (χ0n) is 13.0. The minimum atomic E-state index is -3.32. The molecule has 0 spiro atoms. The summed E-state index contributed by atoms with van der Waals surface area (Å²) in [6.07, 6.45) is 7.86. The molecule has 0 saturated heterocycles. The first-order valence-corrected chi connectivity index (χ1v) is 9.29. The first-order chi connectivity index (χ1) is 10.3. The lowest BCUT2D eigenvalue weighted by Gasteiger charge is -2.14. The number of aryl methyl sites for hydroxylation is 1. The van der Waals surface area contributed by atoms with Crippen molar-refractivity contribution in [1.82, 2.24) is 5.32 Å². The van der Waals surface area contributed by atoms with Gasteiger partial charge in [-0.15, -0.1) is 0 Å². The molecule has 6 heteroatoms. The Morgan fingerprint density at radius 3 is 2.64 bits per heavy atom. The van der Waals surface area contributed by atoms with Crippen molar-refractivity contribution in [1.29, 1.82) is 0 Å². The average molecular weight is 322 g/mol. The van der Waals surface area contributed by atoms with E-state index in [1.807, 2.05) is 0 Å². The van der Waals surface area contributed by atoms with Crippen molar-refractivity contribution < 1.29 is 13.2 Å². The van der Waals surface area contributed by atoms with Crippen LogP contribution in [-0.2, 0) is 10.0 Å². The van der Waals surface area contributed by atoms with E-state index in [9.17, 15) is 13.2 Å². The summed E-state index contributed by atoms with van der Waals surface area (Å²) < 4.78 is 24.9. The van der Waals surface area contributed by atoms with E-state index in [1.54, 1.807) is 25.1 Å². The molecule has 1 aromatic carbocycles. The van der Waals surface area contributed by atoms with Gasteiger partial charge < -0.3 is 5.32 Å². The number of benzene rings is 1. The van der Waals surface area contributed by atoms with E-state index in [0.29, 0.717) is 17.8 Å². The lowest BCUT2D eigenvalue weighted by Crippen LogP contribution is -2.26. The lowest BCUT2D eigenvalue weighted by atomic mass is 9.99. The highest BCUT2D eigenvalue weighted by molar-refractivity contribution is 7.92. The van der Waals surface area contributed by atoms with E-state index < -0.39 is 10.0 Å². The topological polar surface area (TPSA) is 75.3 Å². The molecule has 2 rings (SSSR count). The molecule has 1 aliphatic carbocycles. The van der Waals surface area contributed by atoms with Gasteiger partial charge in [0.2, 0.25) is 10.0 Å². The molecule has 120 valence electrons. The Morgan fingerprint density at radius 1 is 1.27 bits per heavy atom. The SMILES string of the molecule is Cc1cc(C(=O)NCC2=CCCCC2)ccc1NS(C)(=O)=O. The van der Waals surface area contributed by atoms with E-state index in [4.69, 9.17) is 0 Å². The first-order valence-electron chi connectivity index (χ1n) is 7.40. The second-order valence-electron chi connectivity index (χ2n) is 5.69. The van der Waals surface area contributed by atoms with Crippen LogP contribution in [0.2, 0.25) is 0 Å². The Bertz CT molecular complexity index is 693. The van der Waals surface area contributed by atoms with E-state index in [0.717, 1.165) is 24.7 Å². The van der Waals surface area contributed by atoms with Crippen molar-refractivity contribution in [3.05, 3.63) is 41.0 Å². The van der Waals surface area contributed by atoms with Crippen molar-refractivity contribution in [2.75, 3.05) is 17.5 Å². The summed E-state index contributed by atoms with van der Waals surface area (Å²) in [4.78, 5) is 12.2. The molecule has 2 N–H and O–H groups in total. The summed E-state index contributed by atoms with van der Waals surface area (Å²) in [7, 11) is -3.32. The van der Waals surface area contributed by atoms with Gasteiger partial charge in [0.1, 0.15) is 0 Å². The standard InChI is InChI=1S/C16H22N2O3S/c1-12-10-14(8-9-15(12)18-22(2,20)21)16(19)17-11-13-6-4-3-5-7-13/h6,8-10,18H,3-5,7,11H2,1-2H3,(H,17,19). The summed E-state index contributed by atoms with van der Waals surface area (Å²) in [5, 5.41) is 2.92. The smallest absolute Gasteiger partial charge is 0.251 e. The number of anilines is 1. The van der Waals surface area contributed by atoms with Crippen molar-refractivity contribution in [2.45, 2.75) is 32.6 Å². The molecule has 22 heavy (non-hydrogen) atoms. The number of carbonyl (C=O) groups excluding carboxylic acids is 1. The summed E-state index contributed by atoms with van der Waals surface area (Å²) >= 11 is 0. The minimum Gasteiger partial charge on any atom is -0.348 e. The Hall–Kier alpha value is -1.82. The fourth-order valence-corrected chi connectivity index (χ4v) is 3.11. The number of hydrogen-bond donors (Lipinski definition) is 2. The molecule has 5 nitrogen and oxygen atoms in total. The fourth-order valence-electron chi connectivity index (χ4n) is 2.48. The van der Waals surface area contributed by atoms with E-state index >= 15 is 0 Å². The summed E-state index contributed by atoms with van der Waals surface area (Å²) in [5.41, 5.74) is 3.03. The molecule has 0 unspecified atom stereocenters. The predicted octanol–water partition coefficient (Wildman–Crippen LogP) is 2.60.